The van der Waals surface area contributed by atoms with Crippen LogP contribution in [-0.2, 0) is 0 Å². The Bertz CT molecular complexity index is 332. The van der Waals surface area contributed by atoms with Crippen molar-refractivity contribution < 1.29 is 0 Å². The molecule has 1 aromatic heterocycles. The molecular formula is C13H27N5. The van der Waals surface area contributed by atoms with E-state index >= 15 is 0 Å². The molecule has 0 bridgehead atoms. The van der Waals surface area contributed by atoms with Crippen LogP contribution in [0.15, 0.2) is 0 Å². The Hall–Kier alpha value is -0.970. The second-order valence-electron chi connectivity index (χ2n) is 4.97. The first-order chi connectivity index (χ1) is 8.65. The van der Waals surface area contributed by atoms with Crippen molar-refractivity contribution in [3.8, 4) is 0 Å². The van der Waals surface area contributed by atoms with Gasteiger partial charge in [0, 0.05) is 0 Å². The number of tetrazole rings is 1. The third-order valence-corrected chi connectivity index (χ3v) is 3.72. The zero-order valence-corrected chi connectivity index (χ0v) is 12.3. The topological polar surface area (TPSA) is 55.6 Å². The molecule has 0 aliphatic carbocycles. The van der Waals surface area contributed by atoms with Crippen LogP contribution < -0.4 is 5.32 Å². The van der Waals surface area contributed by atoms with Crippen molar-refractivity contribution in [3.63, 3.8) is 0 Å². The summed E-state index contributed by atoms with van der Waals surface area (Å²) in [4.78, 5) is 0. The molecule has 0 saturated carbocycles. The lowest BCUT2D eigenvalue weighted by atomic mass is 9.95. The first kappa shape index (κ1) is 15.1. The Morgan fingerprint density at radius 2 is 1.83 bits per heavy atom. The molecule has 0 spiro atoms. The largest absolute Gasteiger partial charge is 0.307 e. The maximum Gasteiger partial charge on any atom is 0.168 e. The van der Waals surface area contributed by atoms with Crippen molar-refractivity contribution in [2.24, 2.45) is 5.92 Å². The first-order valence-corrected chi connectivity index (χ1v) is 7.16. The standard InChI is InChI=1S/C13H27N5/c1-6-9-14-10(4)13-15-16-17-18(13)11(5)12(7-2)8-3/h10-12,14H,6-9H2,1-5H3. The minimum absolute atomic E-state index is 0.205. The summed E-state index contributed by atoms with van der Waals surface area (Å²) in [5.41, 5.74) is 0. The molecule has 1 rings (SSSR count). The summed E-state index contributed by atoms with van der Waals surface area (Å²) in [5.74, 6) is 1.58. The minimum atomic E-state index is 0.205. The predicted octanol–water partition coefficient (Wildman–Crippen LogP) is 2.73. The van der Waals surface area contributed by atoms with E-state index in [-0.39, 0.29) is 6.04 Å². The number of nitrogens with one attached hydrogen (secondary N) is 1. The van der Waals surface area contributed by atoms with E-state index in [4.69, 9.17) is 0 Å². The average molecular weight is 253 g/mol. The summed E-state index contributed by atoms with van der Waals surface area (Å²) in [5, 5.41) is 15.6. The summed E-state index contributed by atoms with van der Waals surface area (Å²) in [7, 11) is 0. The van der Waals surface area contributed by atoms with Crippen LogP contribution in [-0.4, -0.2) is 26.8 Å². The Morgan fingerprint density at radius 1 is 1.17 bits per heavy atom. The Kier molecular flexibility index (Phi) is 6.25. The molecule has 5 heteroatoms. The molecule has 0 amide bonds. The summed E-state index contributed by atoms with van der Waals surface area (Å²) in [6, 6.07) is 0.563. The number of aromatic nitrogens is 4. The third kappa shape index (κ3) is 3.51. The van der Waals surface area contributed by atoms with Crippen molar-refractivity contribution >= 4 is 0 Å². The maximum absolute atomic E-state index is 4.18. The molecule has 0 aromatic carbocycles. The van der Waals surface area contributed by atoms with E-state index in [1.54, 1.807) is 0 Å². The van der Waals surface area contributed by atoms with Crippen LogP contribution in [0.3, 0.4) is 0 Å². The highest BCUT2D eigenvalue weighted by Crippen LogP contribution is 2.25. The molecule has 0 aliphatic heterocycles. The number of nitrogens with zero attached hydrogens (tertiary/aromatic N) is 4. The van der Waals surface area contributed by atoms with Crippen molar-refractivity contribution in [1.29, 1.82) is 0 Å². The Labute approximate surface area is 110 Å². The molecule has 104 valence electrons. The van der Waals surface area contributed by atoms with Gasteiger partial charge in [0.05, 0.1) is 12.1 Å². The lowest BCUT2D eigenvalue weighted by molar-refractivity contribution is 0.293. The summed E-state index contributed by atoms with van der Waals surface area (Å²) < 4.78 is 1.99. The highest BCUT2D eigenvalue weighted by molar-refractivity contribution is 4.92. The fraction of sp³-hybridized carbons (Fsp3) is 0.923. The zero-order chi connectivity index (χ0) is 13.5. The van der Waals surface area contributed by atoms with Crippen LogP contribution in [0.5, 0.6) is 0 Å². The van der Waals surface area contributed by atoms with Crippen molar-refractivity contribution in [3.05, 3.63) is 5.82 Å². The lowest BCUT2D eigenvalue weighted by Gasteiger charge is -2.23. The van der Waals surface area contributed by atoms with Crippen molar-refractivity contribution in [1.82, 2.24) is 25.5 Å². The molecular weight excluding hydrogens is 226 g/mol. The second-order valence-corrected chi connectivity index (χ2v) is 4.97. The molecule has 1 heterocycles. The van der Waals surface area contributed by atoms with Gasteiger partial charge in [-0.3, -0.25) is 0 Å². The van der Waals surface area contributed by atoms with Crippen LogP contribution in [0.1, 0.15) is 71.8 Å². The van der Waals surface area contributed by atoms with Gasteiger partial charge in [-0.05, 0) is 43.2 Å². The average Bonchev–Trinajstić information content (AvgIpc) is 2.86. The molecule has 1 aromatic rings. The van der Waals surface area contributed by atoms with E-state index in [0.29, 0.717) is 12.0 Å². The highest BCUT2D eigenvalue weighted by Gasteiger charge is 2.22. The van der Waals surface area contributed by atoms with Gasteiger partial charge in [-0.1, -0.05) is 33.6 Å². The number of hydrogen-bond acceptors (Lipinski definition) is 4. The lowest BCUT2D eigenvalue weighted by Crippen LogP contribution is -2.26. The monoisotopic (exact) mass is 253 g/mol. The SMILES string of the molecule is CCCNC(C)c1nnnn1C(C)C(CC)CC. The van der Waals surface area contributed by atoms with E-state index < -0.39 is 0 Å². The van der Waals surface area contributed by atoms with Gasteiger partial charge in [-0.25, -0.2) is 4.68 Å². The van der Waals surface area contributed by atoms with Crippen LogP contribution >= 0.6 is 0 Å². The number of rotatable bonds is 8. The van der Waals surface area contributed by atoms with E-state index in [2.05, 4.69) is 55.5 Å². The van der Waals surface area contributed by atoms with Crippen molar-refractivity contribution in [2.75, 3.05) is 6.54 Å². The molecule has 0 fully saturated rings. The Morgan fingerprint density at radius 3 is 2.39 bits per heavy atom. The second kappa shape index (κ2) is 7.46. The quantitative estimate of drug-likeness (QED) is 0.774. The van der Waals surface area contributed by atoms with Crippen LogP contribution in [0.4, 0.5) is 0 Å². The maximum atomic E-state index is 4.18. The van der Waals surface area contributed by atoms with E-state index in [1.807, 2.05) is 4.68 Å². The molecule has 0 radical (unpaired) electrons. The fourth-order valence-electron chi connectivity index (χ4n) is 2.40. The minimum Gasteiger partial charge on any atom is -0.307 e. The molecule has 0 saturated heterocycles. The molecule has 1 N–H and O–H groups in total. The van der Waals surface area contributed by atoms with Crippen LogP contribution in [0, 0.1) is 5.92 Å². The van der Waals surface area contributed by atoms with Gasteiger partial charge in [0.1, 0.15) is 0 Å². The zero-order valence-electron chi connectivity index (χ0n) is 12.3. The molecule has 2 unspecified atom stereocenters. The van der Waals surface area contributed by atoms with Gasteiger partial charge in [0.25, 0.3) is 0 Å². The van der Waals surface area contributed by atoms with Crippen LogP contribution in [0.25, 0.3) is 0 Å². The summed E-state index contributed by atoms with van der Waals surface area (Å²) >= 11 is 0. The van der Waals surface area contributed by atoms with Gasteiger partial charge >= 0.3 is 0 Å². The third-order valence-electron chi connectivity index (χ3n) is 3.72. The van der Waals surface area contributed by atoms with Gasteiger partial charge in [0.2, 0.25) is 0 Å². The van der Waals surface area contributed by atoms with Gasteiger partial charge in [-0.15, -0.1) is 5.10 Å². The van der Waals surface area contributed by atoms with E-state index in [1.165, 1.54) is 0 Å². The van der Waals surface area contributed by atoms with Crippen LogP contribution in [0.2, 0.25) is 0 Å². The summed E-state index contributed by atoms with van der Waals surface area (Å²) in [6.45, 7) is 11.9. The predicted molar refractivity (Wildman–Crippen MR) is 73.3 cm³/mol. The Balaban J connectivity index is 2.80. The fourth-order valence-corrected chi connectivity index (χ4v) is 2.40. The molecule has 5 nitrogen and oxygen atoms in total. The van der Waals surface area contributed by atoms with Gasteiger partial charge in [0.15, 0.2) is 5.82 Å². The normalized spacial score (nSPS) is 15.0. The first-order valence-electron chi connectivity index (χ1n) is 7.16. The molecule has 18 heavy (non-hydrogen) atoms. The van der Waals surface area contributed by atoms with E-state index in [9.17, 15) is 0 Å². The van der Waals surface area contributed by atoms with Crippen molar-refractivity contribution in [2.45, 2.75) is 66.0 Å². The molecule has 0 aliphatic rings. The summed E-state index contributed by atoms with van der Waals surface area (Å²) in [6.07, 6.45) is 3.44. The smallest absolute Gasteiger partial charge is 0.168 e. The number of hydrogen-bond donors (Lipinski definition) is 1. The van der Waals surface area contributed by atoms with Gasteiger partial charge < -0.3 is 5.32 Å². The van der Waals surface area contributed by atoms with E-state index in [0.717, 1.165) is 31.6 Å². The molecule has 2 atom stereocenters. The highest BCUT2D eigenvalue weighted by atomic mass is 15.6. The van der Waals surface area contributed by atoms with Gasteiger partial charge in [-0.2, -0.15) is 0 Å².